The number of aromatic nitrogens is 1. The maximum atomic E-state index is 14.7. The Bertz CT molecular complexity index is 3520. The molecule has 7 nitrogen and oxygen atoms in total. The molecule has 8 aromatic carbocycles. The fourth-order valence-electron chi connectivity index (χ4n) is 10.6. The molecule has 0 saturated carbocycles. The summed E-state index contributed by atoms with van der Waals surface area (Å²) in [5.74, 6) is -0.634. The molecule has 0 amide bonds. The molecule has 366 valence electrons. The fraction of sp³-hybridized carbons (Fsp3) is 0.226. The molecule has 1 fully saturated rings. The van der Waals surface area contributed by atoms with Crippen molar-refractivity contribution in [3.63, 3.8) is 0 Å². The maximum absolute atomic E-state index is 14.7. The van der Waals surface area contributed by atoms with Gasteiger partial charge in [-0.2, -0.15) is 0 Å². The van der Waals surface area contributed by atoms with Crippen molar-refractivity contribution in [2.75, 3.05) is 16.9 Å². The molecule has 1 aromatic heterocycles. The molecular weight excluding hydrogens is 910 g/mol. The predicted octanol–water partition coefficient (Wildman–Crippen LogP) is 14.8. The van der Waals surface area contributed by atoms with Gasteiger partial charge in [-0.1, -0.05) is 68.4 Å². The van der Waals surface area contributed by atoms with Crippen molar-refractivity contribution >= 4 is 81.1 Å². The molecule has 1 saturated heterocycles. The molecule has 11 rings (SSSR count). The average Bonchev–Trinajstić information content (AvgIpc) is 3.90. The highest BCUT2D eigenvalue weighted by Crippen LogP contribution is 2.50. The molecule has 0 unspecified atom stereocenters. The van der Waals surface area contributed by atoms with Crippen molar-refractivity contribution in [1.82, 2.24) is 4.57 Å². The Kier molecular flexibility index (Phi) is 11.8. The Morgan fingerprint density at radius 2 is 0.973 bits per heavy atom. The van der Waals surface area contributed by atoms with Gasteiger partial charge in [-0.15, -0.1) is 0 Å². The highest BCUT2D eigenvalue weighted by Gasteiger charge is 2.51. The second-order valence-corrected chi connectivity index (χ2v) is 21.8. The van der Waals surface area contributed by atoms with Gasteiger partial charge in [-0.3, -0.25) is 0 Å². The van der Waals surface area contributed by atoms with Crippen LogP contribution in [0.5, 0.6) is 0 Å². The summed E-state index contributed by atoms with van der Waals surface area (Å²) in [6, 6.07) is 58.2. The number of nitrogens with zero attached hydrogens (tertiary/aromatic N) is 3. The summed E-state index contributed by atoms with van der Waals surface area (Å²) in [7, 11) is 0.560. The molecule has 2 heterocycles. The second-order valence-electron chi connectivity index (χ2n) is 21.8. The van der Waals surface area contributed by atoms with Gasteiger partial charge in [0.1, 0.15) is 11.6 Å². The van der Waals surface area contributed by atoms with Crippen LogP contribution in [-0.4, -0.2) is 42.7 Å². The third-order valence-corrected chi connectivity index (χ3v) is 15.0. The lowest BCUT2D eigenvalue weighted by Crippen LogP contribution is -2.41. The molecule has 73 heavy (non-hydrogen) atoms. The monoisotopic (exact) mass is 969 g/mol. The summed E-state index contributed by atoms with van der Waals surface area (Å²) in [5, 5.41) is 2.02. The molecule has 2 aliphatic rings. The molecule has 9 aromatic rings. The van der Waals surface area contributed by atoms with Crippen molar-refractivity contribution in [3.05, 3.63) is 199 Å². The molecule has 0 N–H and O–H groups in total. The normalized spacial score (nSPS) is 15.4. The highest BCUT2D eigenvalue weighted by atomic mass is 19.1. The van der Waals surface area contributed by atoms with Crippen LogP contribution in [0.2, 0.25) is 0 Å². The van der Waals surface area contributed by atoms with Gasteiger partial charge in [0.05, 0.1) is 22.2 Å². The van der Waals surface area contributed by atoms with Gasteiger partial charge in [0.2, 0.25) is 0 Å². The van der Waals surface area contributed by atoms with E-state index in [4.69, 9.17) is 18.6 Å². The lowest BCUT2D eigenvalue weighted by Gasteiger charge is -2.32. The minimum atomic E-state index is -0.563. The van der Waals surface area contributed by atoms with E-state index in [1.807, 2.05) is 69.3 Å². The van der Waals surface area contributed by atoms with E-state index < -0.39 is 31.0 Å². The number of hydrogen-bond acceptors (Lipinski definition) is 6. The average molecular weight is 970 g/mol. The summed E-state index contributed by atoms with van der Waals surface area (Å²) >= 11 is 0. The van der Waals surface area contributed by atoms with Gasteiger partial charge < -0.3 is 33.0 Å². The minimum Gasteiger partial charge on any atom is -0.410 e. The first-order valence-corrected chi connectivity index (χ1v) is 25.0. The largest absolute Gasteiger partial charge is 0.494 e. The molecule has 1 aliphatic heterocycles. The Morgan fingerprint density at radius 3 is 1.47 bits per heavy atom. The predicted molar refractivity (Wildman–Crippen MR) is 297 cm³/mol. The Morgan fingerprint density at radius 1 is 0.521 bits per heavy atom. The van der Waals surface area contributed by atoms with Crippen LogP contribution in [0.1, 0.15) is 73.4 Å². The van der Waals surface area contributed by atoms with E-state index in [0.29, 0.717) is 0 Å². The molecule has 11 heteroatoms. The molecule has 1 aliphatic carbocycles. The zero-order chi connectivity index (χ0) is 51.2. The van der Waals surface area contributed by atoms with Crippen LogP contribution in [-0.2, 0) is 24.0 Å². The zero-order valence-electron chi connectivity index (χ0n) is 43.1. The first kappa shape index (κ1) is 48.3. The van der Waals surface area contributed by atoms with Crippen molar-refractivity contribution < 1.29 is 27.4 Å². The molecule has 0 atom stereocenters. The van der Waals surface area contributed by atoms with Gasteiger partial charge in [0, 0.05) is 68.7 Å². The summed E-state index contributed by atoms with van der Waals surface area (Å²) in [5.41, 5.74) is 13.5. The van der Waals surface area contributed by atoms with Gasteiger partial charge in [-0.05, 0) is 203 Å². The summed E-state index contributed by atoms with van der Waals surface area (Å²) in [6.07, 6.45) is 0. The van der Waals surface area contributed by atoms with Crippen LogP contribution in [0, 0.1) is 11.6 Å². The first-order chi connectivity index (χ1) is 34.8. The van der Waals surface area contributed by atoms with E-state index in [1.165, 1.54) is 46.5 Å². The number of anilines is 6. The number of hydrogen-bond donors (Lipinski definition) is 0. The van der Waals surface area contributed by atoms with Gasteiger partial charge in [-0.25, -0.2) is 8.78 Å². The van der Waals surface area contributed by atoms with Crippen LogP contribution in [0.3, 0.4) is 0 Å². The zero-order valence-corrected chi connectivity index (χ0v) is 43.1. The smallest absolute Gasteiger partial charge is 0.410 e. The number of rotatable bonds is 11. The minimum absolute atomic E-state index is 0.206. The van der Waals surface area contributed by atoms with Crippen molar-refractivity contribution in [1.29, 1.82) is 0 Å². The first-order valence-electron chi connectivity index (χ1n) is 25.0. The van der Waals surface area contributed by atoms with E-state index in [0.717, 1.165) is 72.5 Å². The number of fused-ring (bicyclic) bond motifs is 6. The fourth-order valence-corrected chi connectivity index (χ4v) is 10.6. The third kappa shape index (κ3) is 8.62. The molecule has 0 bridgehead atoms. The van der Waals surface area contributed by atoms with E-state index >= 15 is 0 Å². The van der Waals surface area contributed by atoms with E-state index in [9.17, 15) is 8.78 Å². The van der Waals surface area contributed by atoms with Crippen LogP contribution in [0.4, 0.5) is 42.9 Å². The number of benzene rings is 8. The van der Waals surface area contributed by atoms with Gasteiger partial charge >= 0.3 is 14.2 Å². The van der Waals surface area contributed by atoms with Crippen LogP contribution in [0.15, 0.2) is 176 Å². The Balaban J connectivity index is 1.10. The van der Waals surface area contributed by atoms with E-state index in [1.54, 1.807) is 19.2 Å². The van der Waals surface area contributed by atoms with E-state index in [2.05, 4.69) is 147 Å². The van der Waals surface area contributed by atoms with Crippen LogP contribution >= 0.6 is 0 Å². The van der Waals surface area contributed by atoms with Crippen LogP contribution < -0.4 is 20.7 Å². The Labute approximate surface area is 428 Å². The highest BCUT2D eigenvalue weighted by molar-refractivity contribution is 6.62. The SMILES string of the molecule is COB(OC(C)(C)C)c1ccc(N(c2ccc(F)cc2)c2ccc3c(c2)c2cc(N(c4ccc(F)cc4)c4ccc(B5OC(C)(C)C(C)(C)O5)cc4)ccc2n3-c2ccc3c(c2)C(C)(C)c2ccccc2-3)cc1. The maximum Gasteiger partial charge on any atom is 0.494 e. The Hall–Kier alpha value is -7.01. The number of halogens is 2. The standard InChI is InChI=1S/C62H59B2F2N3O4/c1-59(2,3)71-63(70-10)40-15-23-44(24-16-40)67(46-27-19-42(65)20-28-46)48-32-35-57-53(37-48)54-38-49(33-36-58(54)69(57)50-31-34-52-51-13-11-12-14-55(51)60(4,5)56(52)39-50)68(47-29-21-43(66)22-30-47)45-25-17-41(18-26-45)64-72-61(6,7)62(8,9)73-64/h11-39H,1-10H3. The van der Waals surface area contributed by atoms with Gasteiger partial charge in [0.15, 0.2) is 0 Å². The molecule has 0 spiro atoms. The second kappa shape index (κ2) is 17.9. The quantitative estimate of drug-likeness (QED) is 0.120. The molecular formula is C62H59B2F2N3O4. The van der Waals surface area contributed by atoms with Crippen molar-refractivity contribution in [2.24, 2.45) is 0 Å². The topological polar surface area (TPSA) is 48.3 Å². The summed E-state index contributed by atoms with van der Waals surface area (Å²) in [6.45, 7) is 18.8. The lowest BCUT2D eigenvalue weighted by atomic mass is 9.78. The van der Waals surface area contributed by atoms with Crippen molar-refractivity contribution in [3.8, 4) is 16.8 Å². The molecule has 0 radical (unpaired) electrons. The van der Waals surface area contributed by atoms with Crippen LogP contribution in [0.25, 0.3) is 38.6 Å². The summed E-state index contributed by atoms with van der Waals surface area (Å²) < 4.78 is 56.6. The van der Waals surface area contributed by atoms with E-state index in [-0.39, 0.29) is 17.0 Å². The third-order valence-electron chi connectivity index (χ3n) is 15.0. The lowest BCUT2D eigenvalue weighted by molar-refractivity contribution is 0.00578. The van der Waals surface area contributed by atoms with Crippen molar-refractivity contribution in [2.45, 2.75) is 84.5 Å². The van der Waals surface area contributed by atoms with Gasteiger partial charge in [0.25, 0.3) is 0 Å². The summed E-state index contributed by atoms with van der Waals surface area (Å²) in [4.78, 5) is 4.29.